The molecule has 0 fully saturated rings. The van der Waals surface area contributed by atoms with Crippen LogP contribution in [0.5, 0.6) is 0 Å². The van der Waals surface area contributed by atoms with Crippen molar-refractivity contribution in [3.63, 3.8) is 0 Å². The van der Waals surface area contributed by atoms with Gasteiger partial charge in [0.15, 0.2) is 0 Å². The molecular formula is C15H17F3O3. The molecule has 1 aromatic rings. The number of aliphatic hydroxyl groups excluding tert-OH is 1. The van der Waals surface area contributed by atoms with Gasteiger partial charge in [0, 0.05) is 5.56 Å². The fourth-order valence-corrected chi connectivity index (χ4v) is 1.73. The standard InChI is InChI=1S/C15H17F3O3/c1-4-11-5-7-12(8-6-11)14(3,15(16,17)18)21-13(20)9-10(2)19/h4-8,10,19H,1,9H2,2-3H3. The molecule has 21 heavy (non-hydrogen) atoms. The normalized spacial score (nSPS) is 15.9. The highest BCUT2D eigenvalue weighted by atomic mass is 19.4. The summed E-state index contributed by atoms with van der Waals surface area (Å²) >= 11 is 0. The highest BCUT2D eigenvalue weighted by molar-refractivity contribution is 5.70. The zero-order valence-electron chi connectivity index (χ0n) is 11.8. The van der Waals surface area contributed by atoms with E-state index in [9.17, 15) is 18.0 Å². The Morgan fingerprint density at radius 3 is 2.29 bits per heavy atom. The number of carbonyl (C=O) groups is 1. The van der Waals surface area contributed by atoms with Crippen LogP contribution in [0, 0.1) is 0 Å². The second kappa shape index (κ2) is 6.30. The summed E-state index contributed by atoms with van der Waals surface area (Å²) in [7, 11) is 0. The number of carbonyl (C=O) groups excluding carboxylic acids is 1. The van der Waals surface area contributed by atoms with Crippen LogP contribution in [-0.4, -0.2) is 23.4 Å². The van der Waals surface area contributed by atoms with Crippen molar-refractivity contribution in [3.05, 3.63) is 42.0 Å². The van der Waals surface area contributed by atoms with Gasteiger partial charge in [0.2, 0.25) is 5.60 Å². The van der Waals surface area contributed by atoms with Gasteiger partial charge in [-0.25, -0.2) is 0 Å². The molecule has 2 unspecified atom stereocenters. The number of aliphatic hydroxyl groups is 1. The Kier molecular flexibility index (Phi) is 5.17. The summed E-state index contributed by atoms with van der Waals surface area (Å²) in [4.78, 5) is 11.5. The van der Waals surface area contributed by atoms with Crippen LogP contribution in [0.2, 0.25) is 0 Å². The van der Waals surface area contributed by atoms with Crippen LogP contribution in [0.25, 0.3) is 6.08 Å². The summed E-state index contributed by atoms with van der Waals surface area (Å²) in [5.41, 5.74) is -2.31. The minimum Gasteiger partial charge on any atom is -0.445 e. The molecule has 0 amide bonds. The average Bonchev–Trinajstić information content (AvgIpc) is 2.36. The summed E-state index contributed by atoms with van der Waals surface area (Å²) in [5, 5.41) is 9.07. The second-order valence-corrected chi connectivity index (χ2v) is 4.88. The van der Waals surface area contributed by atoms with E-state index in [1.807, 2.05) is 0 Å². The lowest BCUT2D eigenvalue weighted by Crippen LogP contribution is -2.44. The Labute approximate surface area is 121 Å². The summed E-state index contributed by atoms with van der Waals surface area (Å²) in [6.07, 6.45) is -4.86. The van der Waals surface area contributed by atoms with E-state index in [2.05, 4.69) is 11.3 Å². The van der Waals surface area contributed by atoms with Crippen molar-refractivity contribution >= 4 is 12.0 Å². The SMILES string of the molecule is C=Cc1ccc(C(C)(OC(=O)CC(C)O)C(F)(F)F)cc1. The van der Waals surface area contributed by atoms with Crippen LogP contribution >= 0.6 is 0 Å². The fourth-order valence-electron chi connectivity index (χ4n) is 1.73. The van der Waals surface area contributed by atoms with Crippen molar-refractivity contribution < 1.29 is 27.8 Å². The van der Waals surface area contributed by atoms with Gasteiger partial charge in [-0.05, 0) is 19.4 Å². The quantitative estimate of drug-likeness (QED) is 0.848. The number of ether oxygens (including phenoxy) is 1. The Morgan fingerprint density at radius 2 is 1.90 bits per heavy atom. The van der Waals surface area contributed by atoms with E-state index in [4.69, 9.17) is 5.11 Å². The monoisotopic (exact) mass is 302 g/mol. The fraction of sp³-hybridized carbons (Fsp3) is 0.400. The molecule has 0 bridgehead atoms. The van der Waals surface area contributed by atoms with Gasteiger partial charge in [-0.15, -0.1) is 0 Å². The summed E-state index contributed by atoms with van der Waals surface area (Å²) in [6, 6.07) is 5.38. The average molecular weight is 302 g/mol. The Morgan fingerprint density at radius 1 is 1.38 bits per heavy atom. The lowest BCUT2D eigenvalue weighted by atomic mass is 9.94. The third kappa shape index (κ3) is 4.07. The maximum absolute atomic E-state index is 13.3. The second-order valence-electron chi connectivity index (χ2n) is 4.88. The predicted octanol–water partition coefficient (Wildman–Crippen LogP) is 3.42. The third-order valence-corrected chi connectivity index (χ3v) is 3.02. The minimum atomic E-state index is -4.78. The lowest BCUT2D eigenvalue weighted by molar-refractivity contribution is -0.270. The molecule has 6 heteroatoms. The van der Waals surface area contributed by atoms with E-state index in [-0.39, 0.29) is 5.56 Å². The molecule has 0 aromatic heterocycles. The first-order valence-corrected chi connectivity index (χ1v) is 6.29. The molecule has 0 radical (unpaired) electrons. The Bertz CT molecular complexity index is 506. The van der Waals surface area contributed by atoms with Crippen molar-refractivity contribution in [3.8, 4) is 0 Å². The number of hydrogen-bond donors (Lipinski definition) is 1. The first-order chi connectivity index (χ1) is 9.60. The molecule has 3 nitrogen and oxygen atoms in total. The number of halogens is 3. The highest BCUT2D eigenvalue weighted by Crippen LogP contribution is 2.42. The smallest absolute Gasteiger partial charge is 0.432 e. The van der Waals surface area contributed by atoms with Gasteiger partial charge in [-0.3, -0.25) is 4.79 Å². The molecule has 0 heterocycles. The van der Waals surface area contributed by atoms with Crippen molar-refractivity contribution in [1.29, 1.82) is 0 Å². The molecule has 2 atom stereocenters. The van der Waals surface area contributed by atoms with Crippen LogP contribution in [0.15, 0.2) is 30.8 Å². The van der Waals surface area contributed by atoms with E-state index in [0.29, 0.717) is 5.56 Å². The van der Waals surface area contributed by atoms with E-state index in [1.165, 1.54) is 37.3 Å². The zero-order chi connectivity index (χ0) is 16.3. The molecule has 0 aliphatic carbocycles. The molecule has 1 rings (SSSR count). The van der Waals surface area contributed by atoms with Crippen molar-refractivity contribution in [1.82, 2.24) is 0 Å². The van der Waals surface area contributed by atoms with E-state index in [1.54, 1.807) is 0 Å². The number of esters is 1. The molecule has 0 aliphatic rings. The maximum Gasteiger partial charge on any atom is 0.432 e. The highest BCUT2D eigenvalue weighted by Gasteiger charge is 2.55. The summed E-state index contributed by atoms with van der Waals surface area (Å²) in [6.45, 7) is 5.60. The predicted molar refractivity (Wildman–Crippen MR) is 72.3 cm³/mol. The zero-order valence-corrected chi connectivity index (χ0v) is 11.8. The Hall–Kier alpha value is -1.82. The van der Waals surface area contributed by atoms with Gasteiger partial charge in [-0.2, -0.15) is 13.2 Å². The van der Waals surface area contributed by atoms with Crippen molar-refractivity contribution in [2.75, 3.05) is 0 Å². The maximum atomic E-state index is 13.3. The third-order valence-electron chi connectivity index (χ3n) is 3.02. The first kappa shape index (κ1) is 17.2. The van der Waals surface area contributed by atoms with Crippen LogP contribution in [0.3, 0.4) is 0 Å². The number of alkyl halides is 3. The van der Waals surface area contributed by atoms with Gasteiger partial charge in [0.1, 0.15) is 0 Å². The topological polar surface area (TPSA) is 46.5 Å². The molecule has 1 N–H and O–H groups in total. The minimum absolute atomic E-state index is 0.195. The van der Waals surface area contributed by atoms with E-state index < -0.39 is 30.3 Å². The van der Waals surface area contributed by atoms with E-state index in [0.717, 1.165) is 6.92 Å². The van der Waals surface area contributed by atoms with Gasteiger partial charge in [0.05, 0.1) is 12.5 Å². The largest absolute Gasteiger partial charge is 0.445 e. The molecule has 0 aliphatic heterocycles. The molecule has 0 saturated carbocycles. The van der Waals surface area contributed by atoms with Gasteiger partial charge >= 0.3 is 12.1 Å². The summed E-state index contributed by atoms with van der Waals surface area (Å²) < 4.78 is 44.6. The van der Waals surface area contributed by atoms with Gasteiger partial charge in [-0.1, -0.05) is 36.9 Å². The molecular weight excluding hydrogens is 285 g/mol. The molecule has 1 aromatic carbocycles. The van der Waals surface area contributed by atoms with E-state index >= 15 is 0 Å². The summed E-state index contributed by atoms with van der Waals surface area (Å²) in [5.74, 6) is -1.11. The van der Waals surface area contributed by atoms with Crippen LogP contribution in [-0.2, 0) is 15.1 Å². The molecule has 0 spiro atoms. The number of hydrogen-bond acceptors (Lipinski definition) is 3. The Balaban J connectivity index is 3.14. The van der Waals surface area contributed by atoms with Crippen molar-refractivity contribution in [2.45, 2.75) is 38.1 Å². The van der Waals surface area contributed by atoms with Crippen LogP contribution < -0.4 is 0 Å². The van der Waals surface area contributed by atoms with Gasteiger partial charge in [0.25, 0.3) is 0 Å². The molecule has 0 saturated heterocycles. The first-order valence-electron chi connectivity index (χ1n) is 6.29. The lowest BCUT2D eigenvalue weighted by Gasteiger charge is -2.32. The van der Waals surface area contributed by atoms with Crippen molar-refractivity contribution in [2.24, 2.45) is 0 Å². The van der Waals surface area contributed by atoms with Gasteiger partial charge < -0.3 is 9.84 Å². The number of benzene rings is 1. The number of rotatable bonds is 5. The van der Waals surface area contributed by atoms with Crippen LogP contribution in [0.1, 0.15) is 31.4 Å². The molecule has 116 valence electrons. The van der Waals surface area contributed by atoms with Crippen LogP contribution in [0.4, 0.5) is 13.2 Å².